The van der Waals surface area contributed by atoms with Crippen molar-refractivity contribution in [2.45, 2.75) is 38.6 Å². The van der Waals surface area contributed by atoms with E-state index in [4.69, 9.17) is 5.73 Å². The molecule has 2 heterocycles. The second-order valence-corrected chi connectivity index (χ2v) is 5.11. The lowest BCUT2D eigenvalue weighted by atomic mass is 10.0. The van der Waals surface area contributed by atoms with E-state index < -0.39 is 0 Å². The van der Waals surface area contributed by atoms with Crippen LogP contribution in [0.15, 0.2) is 16.9 Å². The highest BCUT2D eigenvalue weighted by atomic mass is 16.1. The zero-order valence-electron chi connectivity index (χ0n) is 10.6. The van der Waals surface area contributed by atoms with Crippen molar-refractivity contribution in [3.05, 3.63) is 28.0 Å². The molecule has 1 aromatic rings. The highest BCUT2D eigenvalue weighted by Crippen LogP contribution is 2.17. The van der Waals surface area contributed by atoms with Crippen LogP contribution in [0.1, 0.15) is 38.2 Å². The lowest BCUT2D eigenvalue weighted by Gasteiger charge is -2.31. The Hall–Kier alpha value is -1.29. The van der Waals surface area contributed by atoms with Crippen molar-refractivity contribution < 1.29 is 0 Å². The second kappa shape index (κ2) is 4.92. The smallest absolute Gasteiger partial charge is 0.252 e. The summed E-state index contributed by atoms with van der Waals surface area (Å²) < 4.78 is 0. The Morgan fingerprint density at radius 2 is 2.00 bits per heavy atom. The number of piperidine rings is 1. The molecule has 1 aliphatic heterocycles. The third-order valence-corrected chi connectivity index (χ3v) is 3.43. The summed E-state index contributed by atoms with van der Waals surface area (Å²) in [6, 6.07) is 4.26. The second-order valence-electron chi connectivity index (χ2n) is 5.11. The number of nitrogens with two attached hydrogens (primary N) is 1. The molecule has 94 valence electrons. The molecule has 4 nitrogen and oxygen atoms in total. The standard InChI is InChI=1S/C13H21N3O/c1-9(2)11-3-4-12(15-13(11)17)16-7-5-10(14)6-8-16/h3-4,9-10H,5-8,14H2,1-2H3,(H,15,17). The molecule has 2 rings (SSSR count). The van der Waals surface area contributed by atoms with Gasteiger partial charge in [0.15, 0.2) is 0 Å². The number of nitrogens with zero attached hydrogens (tertiary/aromatic N) is 1. The van der Waals surface area contributed by atoms with Crippen LogP contribution in [0, 0.1) is 0 Å². The van der Waals surface area contributed by atoms with Crippen molar-refractivity contribution in [3.63, 3.8) is 0 Å². The number of hydrogen-bond acceptors (Lipinski definition) is 3. The van der Waals surface area contributed by atoms with Gasteiger partial charge in [0, 0.05) is 24.7 Å². The van der Waals surface area contributed by atoms with E-state index in [0.29, 0.717) is 6.04 Å². The molecular formula is C13H21N3O. The Bertz CT molecular complexity index is 431. The molecule has 1 fully saturated rings. The summed E-state index contributed by atoms with van der Waals surface area (Å²) in [5, 5.41) is 0. The first kappa shape index (κ1) is 12.2. The molecular weight excluding hydrogens is 214 g/mol. The normalized spacial score (nSPS) is 17.8. The lowest BCUT2D eigenvalue weighted by molar-refractivity contribution is 0.498. The van der Waals surface area contributed by atoms with Gasteiger partial charge in [0.1, 0.15) is 5.82 Å². The molecule has 17 heavy (non-hydrogen) atoms. The van der Waals surface area contributed by atoms with Crippen molar-refractivity contribution >= 4 is 5.82 Å². The van der Waals surface area contributed by atoms with Gasteiger partial charge < -0.3 is 15.6 Å². The van der Waals surface area contributed by atoms with Crippen molar-refractivity contribution in [1.29, 1.82) is 0 Å². The fourth-order valence-electron chi connectivity index (χ4n) is 2.25. The Labute approximate surface area is 102 Å². The highest BCUT2D eigenvalue weighted by molar-refractivity contribution is 5.40. The molecule has 1 aliphatic rings. The fourth-order valence-corrected chi connectivity index (χ4v) is 2.25. The quantitative estimate of drug-likeness (QED) is 0.815. The molecule has 0 atom stereocenters. The van der Waals surface area contributed by atoms with Crippen molar-refractivity contribution in [2.75, 3.05) is 18.0 Å². The summed E-state index contributed by atoms with van der Waals surface area (Å²) in [6.45, 7) is 5.92. The number of aromatic nitrogens is 1. The average Bonchev–Trinajstić information content (AvgIpc) is 2.29. The Morgan fingerprint density at radius 1 is 1.35 bits per heavy atom. The van der Waals surface area contributed by atoms with Crippen LogP contribution >= 0.6 is 0 Å². The van der Waals surface area contributed by atoms with Gasteiger partial charge in [0.2, 0.25) is 0 Å². The van der Waals surface area contributed by atoms with Gasteiger partial charge in [-0.1, -0.05) is 13.8 Å². The van der Waals surface area contributed by atoms with Gasteiger partial charge in [-0.05, 0) is 30.9 Å². The van der Waals surface area contributed by atoms with Crippen molar-refractivity contribution in [3.8, 4) is 0 Å². The number of rotatable bonds is 2. The summed E-state index contributed by atoms with van der Waals surface area (Å²) in [4.78, 5) is 17.1. The maximum atomic E-state index is 11.9. The van der Waals surface area contributed by atoms with Gasteiger partial charge in [-0.3, -0.25) is 4.79 Å². The van der Waals surface area contributed by atoms with Crippen LogP contribution in [-0.2, 0) is 0 Å². The van der Waals surface area contributed by atoms with Gasteiger partial charge in [-0.25, -0.2) is 0 Å². The van der Waals surface area contributed by atoms with Crippen molar-refractivity contribution in [1.82, 2.24) is 4.98 Å². The zero-order chi connectivity index (χ0) is 12.4. The number of H-pyrrole nitrogens is 1. The zero-order valence-corrected chi connectivity index (χ0v) is 10.6. The number of nitrogens with one attached hydrogen (secondary N) is 1. The van der Waals surface area contributed by atoms with E-state index >= 15 is 0 Å². The van der Waals surface area contributed by atoms with E-state index in [-0.39, 0.29) is 11.5 Å². The summed E-state index contributed by atoms with van der Waals surface area (Å²) >= 11 is 0. The summed E-state index contributed by atoms with van der Waals surface area (Å²) in [6.07, 6.45) is 1.99. The Morgan fingerprint density at radius 3 is 2.53 bits per heavy atom. The first-order valence-electron chi connectivity index (χ1n) is 6.31. The van der Waals surface area contributed by atoms with E-state index in [0.717, 1.165) is 37.3 Å². The largest absolute Gasteiger partial charge is 0.358 e. The predicted molar refractivity (Wildman–Crippen MR) is 70.6 cm³/mol. The molecule has 0 aliphatic carbocycles. The molecule has 0 bridgehead atoms. The molecule has 0 radical (unpaired) electrons. The van der Waals surface area contributed by atoms with Crippen LogP contribution in [0.2, 0.25) is 0 Å². The van der Waals surface area contributed by atoms with Gasteiger partial charge in [0.25, 0.3) is 5.56 Å². The minimum atomic E-state index is 0.0346. The molecule has 1 aromatic heterocycles. The third-order valence-electron chi connectivity index (χ3n) is 3.43. The molecule has 0 unspecified atom stereocenters. The number of pyridine rings is 1. The highest BCUT2D eigenvalue weighted by Gasteiger charge is 2.17. The van der Waals surface area contributed by atoms with E-state index in [1.54, 1.807) is 0 Å². The van der Waals surface area contributed by atoms with Gasteiger partial charge >= 0.3 is 0 Å². The SMILES string of the molecule is CC(C)c1ccc(N2CCC(N)CC2)[nH]c1=O. The number of anilines is 1. The maximum absolute atomic E-state index is 11.9. The van der Waals surface area contributed by atoms with Crippen LogP contribution in [-0.4, -0.2) is 24.1 Å². The van der Waals surface area contributed by atoms with E-state index in [2.05, 4.69) is 9.88 Å². The molecule has 1 saturated heterocycles. The van der Waals surface area contributed by atoms with Crippen molar-refractivity contribution in [2.24, 2.45) is 5.73 Å². The summed E-state index contributed by atoms with van der Waals surface area (Å²) in [5.41, 5.74) is 6.75. The number of hydrogen-bond donors (Lipinski definition) is 2. The third kappa shape index (κ3) is 2.69. The van der Waals surface area contributed by atoms with Gasteiger partial charge in [-0.15, -0.1) is 0 Å². The van der Waals surface area contributed by atoms with Crippen LogP contribution in [0.4, 0.5) is 5.82 Å². The number of aromatic amines is 1. The van der Waals surface area contributed by atoms with Gasteiger partial charge in [0.05, 0.1) is 0 Å². The molecule has 4 heteroatoms. The lowest BCUT2D eigenvalue weighted by Crippen LogP contribution is -2.40. The minimum absolute atomic E-state index is 0.0346. The maximum Gasteiger partial charge on any atom is 0.252 e. The van der Waals surface area contributed by atoms with Crippen LogP contribution in [0.25, 0.3) is 0 Å². The molecule has 0 aromatic carbocycles. The molecule has 0 amide bonds. The molecule has 0 saturated carbocycles. The van der Waals surface area contributed by atoms with E-state index in [1.165, 1.54) is 0 Å². The first-order chi connectivity index (χ1) is 8.08. The molecule has 3 N–H and O–H groups in total. The topological polar surface area (TPSA) is 62.1 Å². The van der Waals surface area contributed by atoms with Crippen LogP contribution in [0.3, 0.4) is 0 Å². The van der Waals surface area contributed by atoms with Crippen LogP contribution in [0.5, 0.6) is 0 Å². The Balaban J connectivity index is 2.17. The van der Waals surface area contributed by atoms with E-state index in [9.17, 15) is 4.79 Å². The Kier molecular flexibility index (Phi) is 3.52. The molecule has 0 spiro atoms. The monoisotopic (exact) mass is 235 g/mol. The first-order valence-corrected chi connectivity index (χ1v) is 6.31. The summed E-state index contributed by atoms with van der Waals surface area (Å²) in [5.74, 6) is 1.19. The van der Waals surface area contributed by atoms with Crippen LogP contribution < -0.4 is 16.2 Å². The summed E-state index contributed by atoms with van der Waals surface area (Å²) in [7, 11) is 0. The fraction of sp³-hybridized carbons (Fsp3) is 0.615. The minimum Gasteiger partial charge on any atom is -0.358 e. The van der Waals surface area contributed by atoms with Gasteiger partial charge in [-0.2, -0.15) is 0 Å². The average molecular weight is 235 g/mol. The van der Waals surface area contributed by atoms with E-state index in [1.807, 2.05) is 26.0 Å². The predicted octanol–water partition coefficient (Wildman–Crippen LogP) is 1.43.